The largest absolute Gasteiger partial charge is 0.493 e. The molecule has 2 unspecified atom stereocenters. The zero-order valence-electron chi connectivity index (χ0n) is 19.3. The minimum absolute atomic E-state index is 0.269. The lowest BCUT2D eigenvalue weighted by atomic mass is 9.99. The molecule has 1 N–H and O–H groups in total. The summed E-state index contributed by atoms with van der Waals surface area (Å²) in [6, 6.07) is 13.1. The number of benzene rings is 2. The number of halogens is 2. The average molecular weight is 521 g/mol. The summed E-state index contributed by atoms with van der Waals surface area (Å²) in [4.78, 5) is 17.2. The minimum Gasteiger partial charge on any atom is -0.493 e. The van der Waals surface area contributed by atoms with Crippen molar-refractivity contribution in [3.05, 3.63) is 81.6 Å². The van der Waals surface area contributed by atoms with Gasteiger partial charge in [-0.25, -0.2) is 0 Å². The number of ether oxygens (including phenoxy) is 3. The molecular formula is C25H26Cl2N2O4S. The van der Waals surface area contributed by atoms with E-state index in [0.717, 1.165) is 16.8 Å². The molecule has 0 spiro atoms. The van der Waals surface area contributed by atoms with Gasteiger partial charge in [0.2, 0.25) is 0 Å². The van der Waals surface area contributed by atoms with E-state index in [2.05, 4.69) is 9.71 Å². The summed E-state index contributed by atoms with van der Waals surface area (Å²) in [5, 5.41) is 0.804. The van der Waals surface area contributed by atoms with E-state index >= 15 is 0 Å². The molecule has 34 heavy (non-hydrogen) atoms. The molecule has 0 aliphatic carbocycles. The van der Waals surface area contributed by atoms with Gasteiger partial charge in [-0.3, -0.25) is 9.78 Å². The average Bonchev–Trinajstić information content (AvgIpc) is 2.85. The molecule has 1 heterocycles. The van der Waals surface area contributed by atoms with Gasteiger partial charge in [0.25, 0.3) is 0 Å². The highest BCUT2D eigenvalue weighted by Crippen LogP contribution is 2.36. The molecule has 0 saturated carbocycles. The first-order valence-corrected chi connectivity index (χ1v) is 12.4. The Kier molecular flexibility index (Phi) is 9.33. The fraction of sp³-hybridized carbons (Fsp3) is 0.280. The van der Waals surface area contributed by atoms with Gasteiger partial charge in [-0.05, 0) is 47.9 Å². The molecule has 0 fully saturated rings. The van der Waals surface area contributed by atoms with E-state index in [1.165, 1.54) is 24.3 Å². The van der Waals surface area contributed by atoms with Crippen LogP contribution in [0.2, 0.25) is 10.0 Å². The lowest BCUT2D eigenvalue weighted by Crippen LogP contribution is -2.19. The Morgan fingerprint density at radius 1 is 1.00 bits per heavy atom. The summed E-state index contributed by atoms with van der Waals surface area (Å²) in [5.41, 5.74) is 3.18. The van der Waals surface area contributed by atoms with Gasteiger partial charge in [0.15, 0.2) is 11.5 Å². The standard InChI is InChI=1S/C25H26Cl2N2O4S/c1-15(16-5-8-18(9-6-16)29-34-4)25(30)33-23(12-19-20(26)13-28-14-21(19)27)17-7-10-22(31-2)24(11-17)32-3/h5-11,13-15,23,29H,12H2,1-4H3. The summed E-state index contributed by atoms with van der Waals surface area (Å²) in [6.07, 6.45) is 4.59. The Bertz CT molecular complexity index is 1110. The van der Waals surface area contributed by atoms with Crippen LogP contribution in [0.25, 0.3) is 0 Å². The summed E-state index contributed by atoms with van der Waals surface area (Å²) < 4.78 is 20.0. The zero-order valence-corrected chi connectivity index (χ0v) is 21.6. The number of anilines is 1. The minimum atomic E-state index is -0.662. The van der Waals surface area contributed by atoms with Crippen molar-refractivity contribution in [3.8, 4) is 11.5 Å². The smallest absolute Gasteiger partial charge is 0.313 e. The maximum Gasteiger partial charge on any atom is 0.313 e. The summed E-state index contributed by atoms with van der Waals surface area (Å²) in [5.74, 6) is 0.252. The van der Waals surface area contributed by atoms with Crippen LogP contribution >= 0.6 is 35.1 Å². The van der Waals surface area contributed by atoms with E-state index in [1.807, 2.05) is 43.5 Å². The van der Waals surface area contributed by atoms with Crippen LogP contribution in [0.4, 0.5) is 5.69 Å². The van der Waals surface area contributed by atoms with Gasteiger partial charge in [0, 0.05) is 30.8 Å². The number of nitrogens with zero attached hydrogens (tertiary/aromatic N) is 1. The molecular weight excluding hydrogens is 495 g/mol. The van der Waals surface area contributed by atoms with Crippen LogP contribution in [0, 0.1) is 0 Å². The van der Waals surface area contributed by atoms with E-state index in [0.29, 0.717) is 27.1 Å². The molecule has 3 rings (SSSR count). The first-order valence-electron chi connectivity index (χ1n) is 10.5. The fourth-order valence-electron chi connectivity index (χ4n) is 3.44. The first-order chi connectivity index (χ1) is 16.4. The number of esters is 1. The number of methoxy groups -OCH3 is 2. The second kappa shape index (κ2) is 12.2. The van der Waals surface area contributed by atoms with Crippen molar-refractivity contribution in [2.45, 2.75) is 25.4 Å². The lowest BCUT2D eigenvalue weighted by Gasteiger charge is -2.23. The van der Waals surface area contributed by atoms with Crippen LogP contribution in [0.3, 0.4) is 0 Å². The van der Waals surface area contributed by atoms with Crippen LogP contribution in [0.15, 0.2) is 54.9 Å². The first kappa shape index (κ1) is 26.0. The van der Waals surface area contributed by atoms with Gasteiger partial charge in [-0.1, -0.05) is 53.3 Å². The number of carbonyl (C=O) groups is 1. The Morgan fingerprint density at radius 2 is 1.62 bits per heavy atom. The van der Waals surface area contributed by atoms with E-state index in [1.54, 1.807) is 26.4 Å². The highest BCUT2D eigenvalue weighted by atomic mass is 35.5. The topological polar surface area (TPSA) is 69.7 Å². The molecule has 9 heteroatoms. The Balaban J connectivity index is 1.91. The van der Waals surface area contributed by atoms with Gasteiger partial charge < -0.3 is 18.9 Å². The monoisotopic (exact) mass is 520 g/mol. The molecule has 0 saturated heterocycles. The van der Waals surface area contributed by atoms with E-state index < -0.39 is 12.0 Å². The van der Waals surface area contributed by atoms with Crippen molar-refractivity contribution in [1.82, 2.24) is 4.98 Å². The quantitative estimate of drug-likeness (QED) is 0.234. The molecule has 6 nitrogen and oxygen atoms in total. The van der Waals surface area contributed by atoms with Crippen molar-refractivity contribution < 1.29 is 19.0 Å². The van der Waals surface area contributed by atoms with Crippen LogP contribution in [0.1, 0.15) is 35.6 Å². The van der Waals surface area contributed by atoms with Crippen LogP contribution in [0.5, 0.6) is 11.5 Å². The van der Waals surface area contributed by atoms with E-state index in [4.69, 9.17) is 37.4 Å². The maximum atomic E-state index is 13.2. The Hall–Kier alpha value is -2.61. The molecule has 2 atom stereocenters. The third-order valence-corrected chi connectivity index (χ3v) is 6.46. The molecule has 0 radical (unpaired) electrons. The maximum absolute atomic E-state index is 13.2. The normalized spacial score (nSPS) is 12.5. The summed E-state index contributed by atoms with van der Waals surface area (Å²) >= 11 is 14.2. The van der Waals surface area contributed by atoms with Crippen molar-refractivity contribution >= 4 is 46.8 Å². The second-order valence-electron chi connectivity index (χ2n) is 7.48. The number of carbonyl (C=O) groups excluding carboxylic acids is 1. The molecule has 1 aromatic heterocycles. The molecule has 3 aromatic rings. The van der Waals surface area contributed by atoms with Crippen molar-refractivity contribution in [1.29, 1.82) is 0 Å². The number of nitrogens with one attached hydrogen (secondary N) is 1. The van der Waals surface area contributed by atoms with Gasteiger partial charge in [0.05, 0.1) is 30.2 Å². The highest BCUT2D eigenvalue weighted by molar-refractivity contribution is 7.99. The van der Waals surface area contributed by atoms with Crippen molar-refractivity contribution in [2.75, 3.05) is 25.2 Å². The van der Waals surface area contributed by atoms with Gasteiger partial charge in [0.1, 0.15) is 6.10 Å². The third-order valence-electron chi connectivity index (χ3n) is 5.36. The molecule has 0 amide bonds. The third kappa shape index (κ3) is 6.29. The number of rotatable bonds is 10. The summed E-state index contributed by atoms with van der Waals surface area (Å²) in [7, 11) is 3.12. The predicted octanol–water partition coefficient (Wildman–Crippen LogP) is 6.73. The van der Waals surface area contributed by atoms with Gasteiger partial charge >= 0.3 is 5.97 Å². The molecule has 0 aliphatic heterocycles. The van der Waals surface area contributed by atoms with Crippen LogP contribution < -0.4 is 14.2 Å². The number of pyridine rings is 1. The SMILES string of the molecule is COc1ccc(C(Cc2c(Cl)cncc2Cl)OC(=O)C(C)c2ccc(NSC)cc2)cc1OC. The molecule has 180 valence electrons. The Labute approximate surface area is 214 Å². The van der Waals surface area contributed by atoms with E-state index in [9.17, 15) is 4.79 Å². The predicted molar refractivity (Wildman–Crippen MR) is 138 cm³/mol. The van der Waals surface area contributed by atoms with Crippen molar-refractivity contribution in [3.63, 3.8) is 0 Å². The second-order valence-corrected chi connectivity index (χ2v) is 8.90. The zero-order chi connectivity index (χ0) is 24.7. The van der Waals surface area contributed by atoms with Crippen molar-refractivity contribution in [2.24, 2.45) is 0 Å². The van der Waals surface area contributed by atoms with Gasteiger partial charge in [-0.15, -0.1) is 0 Å². The summed E-state index contributed by atoms with van der Waals surface area (Å²) in [6.45, 7) is 1.82. The highest BCUT2D eigenvalue weighted by Gasteiger charge is 2.25. The van der Waals surface area contributed by atoms with Gasteiger partial charge in [-0.2, -0.15) is 0 Å². The number of hydrogen-bond acceptors (Lipinski definition) is 7. The molecule has 0 bridgehead atoms. The molecule has 2 aromatic carbocycles. The van der Waals surface area contributed by atoms with Crippen LogP contribution in [-0.4, -0.2) is 31.4 Å². The number of hydrogen-bond donors (Lipinski definition) is 1. The Morgan fingerprint density at radius 3 is 2.21 bits per heavy atom. The molecule has 0 aliphatic rings. The van der Waals surface area contributed by atoms with Crippen LogP contribution in [-0.2, 0) is 16.0 Å². The fourth-order valence-corrected chi connectivity index (χ4v) is 4.33. The van der Waals surface area contributed by atoms with E-state index in [-0.39, 0.29) is 12.4 Å². The lowest BCUT2D eigenvalue weighted by molar-refractivity contribution is -0.150. The number of aromatic nitrogens is 1.